The summed E-state index contributed by atoms with van der Waals surface area (Å²) in [6.45, 7) is 16.7. The first-order chi connectivity index (χ1) is 28.4. The maximum absolute atomic E-state index is 13.5. The lowest BCUT2D eigenvalue weighted by Crippen LogP contribution is -2.37. The number of aromatic nitrogens is 1. The lowest BCUT2D eigenvalue weighted by atomic mass is 9.81. The predicted molar refractivity (Wildman–Crippen MR) is 235 cm³/mol. The monoisotopic (exact) mass is 787 g/mol. The van der Waals surface area contributed by atoms with E-state index in [2.05, 4.69) is 63.6 Å². The summed E-state index contributed by atoms with van der Waals surface area (Å²) in [7, 11) is 0. The molecule has 1 aromatic heterocycles. The molecule has 1 aliphatic carbocycles. The van der Waals surface area contributed by atoms with Crippen LogP contribution in [0.5, 0.6) is 5.75 Å². The van der Waals surface area contributed by atoms with Crippen molar-refractivity contribution in [2.24, 2.45) is 0 Å². The van der Waals surface area contributed by atoms with Gasteiger partial charge in [0.25, 0.3) is 5.91 Å². The zero-order valence-corrected chi connectivity index (χ0v) is 34.5. The number of hydrogen-bond donors (Lipinski definition) is 2. The van der Waals surface area contributed by atoms with Crippen molar-refractivity contribution < 1.29 is 23.9 Å². The van der Waals surface area contributed by atoms with Gasteiger partial charge in [0.15, 0.2) is 0 Å². The molecule has 10 nitrogen and oxygen atoms in total. The number of carbonyl (C=O) groups excluding carboxylic acids is 3. The summed E-state index contributed by atoms with van der Waals surface area (Å²) in [6, 6.07) is 20.4. The van der Waals surface area contributed by atoms with Crippen LogP contribution in [0.25, 0.3) is 22.2 Å². The van der Waals surface area contributed by atoms with Crippen molar-refractivity contribution in [2.75, 3.05) is 55.7 Å². The van der Waals surface area contributed by atoms with Crippen molar-refractivity contribution >= 4 is 40.0 Å². The number of ether oxygens (including phenoxy) is 2. The van der Waals surface area contributed by atoms with Gasteiger partial charge in [-0.3, -0.25) is 14.4 Å². The second kappa shape index (κ2) is 20.9. The van der Waals surface area contributed by atoms with Gasteiger partial charge in [0.1, 0.15) is 18.9 Å². The van der Waals surface area contributed by atoms with Crippen LogP contribution in [0, 0.1) is 0 Å². The van der Waals surface area contributed by atoms with E-state index in [0.29, 0.717) is 63.7 Å². The van der Waals surface area contributed by atoms with Gasteiger partial charge in [0.05, 0.1) is 24.4 Å². The fraction of sp³-hybridized carbons (Fsp3) is 0.438. The minimum absolute atomic E-state index is 0.0880. The molecule has 0 bridgehead atoms. The van der Waals surface area contributed by atoms with E-state index in [1.165, 1.54) is 12.0 Å². The van der Waals surface area contributed by atoms with Gasteiger partial charge in [0, 0.05) is 67.0 Å². The van der Waals surface area contributed by atoms with Crippen LogP contribution in [0.3, 0.4) is 0 Å². The number of hydrogen-bond acceptors (Lipinski definition) is 6. The van der Waals surface area contributed by atoms with Crippen LogP contribution < -0.4 is 25.2 Å². The van der Waals surface area contributed by atoms with Crippen molar-refractivity contribution in [1.82, 2.24) is 15.2 Å². The predicted octanol–water partition coefficient (Wildman–Crippen LogP) is 8.92. The topological polar surface area (TPSA) is 105 Å². The van der Waals surface area contributed by atoms with E-state index in [1.54, 1.807) is 12.2 Å². The number of nitrogens with one attached hydrogen (secondary N) is 2. The van der Waals surface area contributed by atoms with E-state index < -0.39 is 0 Å². The van der Waals surface area contributed by atoms with Crippen LogP contribution in [0.4, 0.5) is 11.4 Å². The molecule has 0 unspecified atom stereocenters. The van der Waals surface area contributed by atoms with Crippen molar-refractivity contribution in [3.8, 4) is 17.0 Å². The van der Waals surface area contributed by atoms with Gasteiger partial charge in [-0.05, 0) is 104 Å². The lowest BCUT2D eigenvalue weighted by molar-refractivity contribution is -0.121. The first-order valence-electron chi connectivity index (χ1n) is 21.4. The van der Waals surface area contributed by atoms with Crippen LogP contribution >= 0.6 is 0 Å². The highest BCUT2D eigenvalue weighted by Crippen LogP contribution is 2.44. The van der Waals surface area contributed by atoms with Gasteiger partial charge in [-0.1, -0.05) is 51.3 Å². The normalized spacial score (nSPS) is 15.8. The number of rotatable bonds is 16. The Labute approximate surface area is 344 Å². The average Bonchev–Trinajstić information content (AvgIpc) is 3.84. The Kier molecular flexibility index (Phi) is 15.2. The highest BCUT2D eigenvalue weighted by Gasteiger charge is 2.28. The number of fused-ring (bicyclic) bond motifs is 1. The fourth-order valence-corrected chi connectivity index (χ4v) is 8.46. The maximum Gasteiger partial charge on any atom is 0.251 e. The molecule has 4 aromatic rings. The summed E-state index contributed by atoms with van der Waals surface area (Å²) >= 11 is 0. The summed E-state index contributed by atoms with van der Waals surface area (Å²) in [5, 5.41) is 7.14. The number of amides is 3. The molecule has 2 saturated heterocycles. The lowest BCUT2D eigenvalue weighted by Gasteiger charge is -2.31. The SMILES string of the molecule is C=CCCNC(=O)Cn1c(-c2ccc(OCc3cc(N4CCCC4=O)ccc3N3CCOCC3)cc2)c(C2CCCCC2)c2ccc(C(=O)NCCC=C)cc21.CC. The highest BCUT2D eigenvalue weighted by atomic mass is 16.5. The molecule has 3 amide bonds. The molecular weight excluding hydrogens is 727 g/mol. The Bertz CT molecular complexity index is 2040. The molecule has 1 saturated carbocycles. The quantitative estimate of drug-likeness (QED) is 0.0869. The Morgan fingerprint density at radius 2 is 1.59 bits per heavy atom. The number of nitrogens with zero attached hydrogens (tertiary/aromatic N) is 3. The molecule has 3 aliphatic rings. The molecule has 0 atom stereocenters. The van der Waals surface area contributed by atoms with E-state index in [-0.39, 0.29) is 24.3 Å². The molecule has 58 heavy (non-hydrogen) atoms. The molecule has 0 spiro atoms. The van der Waals surface area contributed by atoms with Crippen LogP contribution in [0.15, 0.2) is 86.0 Å². The zero-order valence-electron chi connectivity index (χ0n) is 34.5. The van der Waals surface area contributed by atoms with Crippen molar-refractivity contribution in [1.29, 1.82) is 0 Å². The Morgan fingerprint density at radius 3 is 2.28 bits per heavy atom. The molecule has 3 aromatic carbocycles. The third-order valence-corrected chi connectivity index (χ3v) is 11.3. The van der Waals surface area contributed by atoms with E-state index in [1.807, 2.05) is 49.1 Å². The summed E-state index contributed by atoms with van der Waals surface area (Å²) in [4.78, 5) is 43.6. The van der Waals surface area contributed by atoms with Crippen molar-refractivity contribution in [3.63, 3.8) is 0 Å². The first-order valence-corrected chi connectivity index (χ1v) is 21.4. The molecule has 7 rings (SSSR count). The van der Waals surface area contributed by atoms with Crippen molar-refractivity contribution in [3.05, 3.63) is 103 Å². The molecule has 3 fully saturated rings. The summed E-state index contributed by atoms with van der Waals surface area (Å²) in [6.07, 6.45) is 12.1. The maximum atomic E-state index is 13.5. The summed E-state index contributed by atoms with van der Waals surface area (Å²) in [5.41, 5.74) is 7.73. The highest BCUT2D eigenvalue weighted by molar-refractivity contribution is 6.01. The van der Waals surface area contributed by atoms with E-state index >= 15 is 0 Å². The van der Waals surface area contributed by atoms with Crippen molar-refractivity contribution in [2.45, 2.75) is 90.7 Å². The van der Waals surface area contributed by atoms with Gasteiger partial charge in [0.2, 0.25) is 11.8 Å². The molecule has 2 N–H and O–H groups in total. The Morgan fingerprint density at radius 1 is 0.862 bits per heavy atom. The molecule has 3 heterocycles. The number of anilines is 2. The van der Waals surface area contributed by atoms with Crippen LogP contribution in [0.1, 0.15) is 99.0 Å². The van der Waals surface area contributed by atoms with Gasteiger partial charge in [-0.25, -0.2) is 0 Å². The number of morpholine rings is 1. The van der Waals surface area contributed by atoms with E-state index in [0.717, 1.165) is 96.6 Å². The van der Waals surface area contributed by atoms with Crippen LogP contribution in [-0.2, 0) is 27.5 Å². The largest absolute Gasteiger partial charge is 0.489 e. The van der Waals surface area contributed by atoms with E-state index in [9.17, 15) is 14.4 Å². The van der Waals surface area contributed by atoms with Crippen LogP contribution in [-0.4, -0.2) is 68.2 Å². The molecule has 308 valence electrons. The second-order valence-electron chi connectivity index (χ2n) is 15.1. The number of carbonyl (C=O) groups is 3. The molecule has 10 heteroatoms. The fourth-order valence-electron chi connectivity index (χ4n) is 8.46. The zero-order chi connectivity index (χ0) is 40.9. The second-order valence-corrected chi connectivity index (χ2v) is 15.1. The summed E-state index contributed by atoms with van der Waals surface area (Å²) in [5.74, 6) is 0.993. The summed E-state index contributed by atoms with van der Waals surface area (Å²) < 4.78 is 14.3. The minimum Gasteiger partial charge on any atom is -0.489 e. The van der Waals surface area contributed by atoms with Gasteiger partial charge < -0.3 is 34.5 Å². The van der Waals surface area contributed by atoms with E-state index in [4.69, 9.17) is 9.47 Å². The average molecular weight is 788 g/mol. The number of benzene rings is 3. The van der Waals surface area contributed by atoms with Gasteiger partial charge in [-0.15, -0.1) is 13.2 Å². The van der Waals surface area contributed by atoms with Crippen LogP contribution in [0.2, 0.25) is 0 Å². The smallest absolute Gasteiger partial charge is 0.251 e. The first kappa shape index (κ1) is 42.3. The van der Waals surface area contributed by atoms with Gasteiger partial charge >= 0.3 is 0 Å². The Balaban J connectivity index is 0.00000279. The molecule has 2 aliphatic heterocycles. The standard InChI is InChI=1S/C46H55N5O5.C2H6/c1-3-5-22-47-42(52)31-51-41-30-35(46(54)48-23-6-4-2)16-20-39(41)44(33-11-8-7-9-12-33)45(51)34-14-18-38(19-15-34)56-32-36-29-37(50-24-10-13-43(50)53)17-21-40(36)49-25-27-55-28-26-49;1-2/h3-4,14-21,29-30,33H,1-2,5-13,22-28,31-32H2,(H,47,52)(H,48,54);1-2H3. The Hall–Kier alpha value is -5.35. The molecular formula is C48H61N5O5. The molecule has 0 radical (unpaired) electrons. The third kappa shape index (κ3) is 10.0. The third-order valence-electron chi connectivity index (χ3n) is 11.3. The minimum atomic E-state index is -0.145. The van der Waals surface area contributed by atoms with Gasteiger partial charge in [-0.2, -0.15) is 0 Å².